The molecule has 0 atom stereocenters. The van der Waals surface area contributed by atoms with Crippen LogP contribution in [0.1, 0.15) is 81.4 Å². The number of hydrogen-bond donors (Lipinski definition) is 0. The fraction of sp³-hybridized carbons (Fsp3) is 0.455. The molecule has 0 aromatic heterocycles. The van der Waals surface area contributed by atoms with Crippen LogP contribution in [0.5, 0.6) is 5.75 Å². The molecular formula is C33H39F3O2. The summed E-state index contributed by atoms with van der Waals surface area (Å²) in [5.74, 6) is -1.47. The van der Waals surface area contributed by atoms with Crippen LogP contribution in [0.2, 0.25) is 0 Å². The maximum atomic E-state index is 15.0. The van der Waals surface area contributed by atoms with E-state index in [2.05, 4.69) is 13.8 Å². The minimum absolute atomic E-state index is 0.0503. The lowest BCUT2D eigenvalue weighted by molar-refractivity contribution is 0.0248. The van der Waals surface area contributed by atoms with Gasteiger partial charge >= 0.3 is 0 Å². The molecule has 0 bridgehead atoms. The molecule has 0 unspecified atom stereocenters. The second kappa shape index (κ2) is 13.8. The van der Waals surface area contributed by atoms with E-state index >= 15 is 4.39 Å². The molecule has 1 saturated carbocycles. The van der Waals surface area contributed by atoms with Gasteiger partial charge in [-0.15, -0.1) is 0 Å². The average molecular weight is 525 g/mol. The zero-order valence-corrected chi connectivity index (χ0v) is 22.6. The van der Waals surface area contributed by atoms with Crippen LogP contribution in [0, 0.1) is 17.5 Å². The first-order chi connectivity index (χ1) is 18.5. The standard InChI is InChI=1S/C33H39F3O2/c1-3-5-21-38-31-19-15-27(22-30(31)34)24-9-6-23(7-10-24)8-11-26-14-18-29(33(36)32(26)35)25-12-16-28(17-13-25)37-20-4-2/h6-7,9-10,14-15,18-19,22,25,28H,3-5,8,11-13,16-17,20-21H2,1-2H3. The summed E-state index contributed by atoms with van der Waals surface area (Å²) in [6.45, 7) is 5.42. The lowest BCUT2D eigenvalue weighted by Crippen LogP contribution is -2.22. The average Bonchev–Trinajstić information content (AvgIpc) is 2.94. The van der Waals surface area contributed by atoms with Gasteiger partial charge in [-0.3, -0.25) is 0 Å². The number of halogens is 3. The fourth-order valence-corrected chi connectivity index (χ4v) is 5.20. The van der Waals surface area contributed by atoms with Crippen molar-refractivity contribution in [3.63, 3.8) is 0 Å². The molecule has 0 radical (unpaired) electrons. The first-order valence-corrected chi connectivity index (χ1v) is 14.1. The summed E-state index contributed by atoms with van der Waals surface area (Å²) in [5.41, 5.74) is 3.58. The van der Waals surface area contributed by atoms with Crippen molar-refractivity contribution < 1.29 is 22.6 Å². The predicted molar refractivity (Wildman–Crippen MR) is 147 cm³/mol. The Kier molecular flexibility index (Phi) is 10.3. The highest BCUT2D eigenvalue weighted by atomic mass is 19.2. The van der Waals surface area contributed by atoms with Crippen LogP contribution in [0.15, 0.2) is 54.6 Å². The van der Waals surface area contributed by atoms with Gasteiger partial charge in [-0.05, 0) is 97.2 Å². The third-order valence-electron chi connectivity index (χ3n) is 7.52. The van der Waals surface area contributed by atoms with Crippen LogP contribution in [-0.2, 0) is 17.6 Å². The second-order valence-corrected chi connectivity index (χ2v) is 10.3. The van der Waals surface area contributed by atoms with Gasteiger partial charge < -0.3 is 9.47 Å². The van der Waals surface area contributed by atoms with Crippen molar-refractivity contribution in [1.82, 2.24) is 0 Å². The molecule has 4 rings (SSSR count). The minimum atomic E-state index is -0.722. The van der Waals surface area contributed by atoms with Crippen LogP contribution in [0.3, 0.4) is 0 Å². The van der Waals surface area contributed by atoms with E-state index in [1.165, 1.54) is 6.07 Å². The van der Waals surface area contributed by atoms with Crippen molar-refractivity contribution in [3.8, 4) is 16.9 Å². The number of rotatable bonds is 12. The van der Waals surface area contributed by atoms with Gasteiger partial charge in [-0.2, -0.15) is 0 Å². The van der Waals surface area contributed by atoms with Crippen molar-refractivity contribution in [2.75, 3.05) is 13.2 Å². The Morgan fingerprint density at radius 1 is 0.737 bits per heavy atom. The molecule has 1 aliphatic carbocycles. The van der Waals surface area contributed by atoms with Crippen molar-refractivity contribution in [1.29, 1.82) is 0 Å². The van der Waals surface area contributed by atoms with Gasteiger partial charge in [0.25, 0.3) is 0 Å². The van der Waals surface area contributed by atoms with Crippen LogP contribution >= 0.6 is 0 Å². The smallest absolute Gasteiger partial charge is 0.165 e. The molecule has 0 spiro atoms. The van der Waals surface area contributed by atoms with Gasteiger partial charge in [0.05, 0.1) is 12.7 Å². The molecule has 2 nitrogen and oxygen atoms in total. The summed E-state index contributed by atoms with van der Waals surface area (Å²) in [6.07, 6.45) is 7.58. The molecule has 0 heterocycles. The fourth-order valence-electron chi connectivity index (χ4n) is 5.20. The quantitative estimate of drug-likeness (QED) is 0.220. The highest BCUT2D eigenvalue weighted by Crippen LogP contribution is 2.36. The summed E-state index contributed by atoms with van der Waals surface area (Å²) >= 11 is 0. The molecule has 0 amide bonds. The molecule has 1 fully saturated rings. The van der Waals surface area contributed by atoms with Gasteiger partial charge in [0.2, 0.25) is 0 Å². The van der Waals surface area contributed by atoms with Crippen LogP contribution in [-0.4, -0.2) is 19.3 Å². The number of benzene rings is 3. The molecule has 0 saturated heterocycles. The summed E-state index contributed by atoms with van der Waals surface area (Å²) in [6, 6.07) is 16.3. The number of hydrogen-bond acceptors (Lipinski definition) is 2. The largest absolute Gasteiger partial charge is 0.491 e. The topological polar surface area (TPSA) is 18.5 Å². The zero-order valence-electron chi connectivity index (χ0n) is 22.6. The zero-order chi connectivity index (χ0) is 26.9. The number of aryl methyl sites for hydroxylation is 2. The molecule has 0 aliphatic heterocycles. The summed E-state index contributed by atoms with van der Waals surface area (Å²) in [5, 5.41) is 0. The van der Waals surface area contributed by atoms with E-state index < -0.39 is 11.6 Å². The monoisotopic (exact) mass is 524 g/mol. The Labute approximate surface area is 225 Å². The molecular weight excluding hydrogens is 485 g/mol. The van der Waals surface area contributed by atoms with Crippen LogP contribution in [0.25, 0.3) is 11.1 Å². The van der Waals surface area contributed by atoms with E-state index in [1.807, 2.05) is 30.3 Å². The molecule has 3 aromatic rings. The summed E-state index contributed by atoms with van der Waals surface area (Å²) in [7, 11) is 0. The Balaban J connectivity index is 1.34. The Morgan fingerprint density at radius 3 is 2.16 bits per heavy atom. The van der Waals surface area contributed by atoms with Crippen LogP contribution in [0.4, 0.5) is 13.2 Å². The van der Waals surface area contributed by atoms with Crippen molar-refractivity contribution in [2.45, 2.75) is 83.7 Å². The van der Waals surface area contributed by atoms with Crippen molar-refractivity contribution >= 4 is 0 Å². The number of unbranched alkanes of at least 4 members (excludes halogenated alkanes) is 1. The second-order valence-electron chi connectivity index (χ2n) is 10.3. The summed E-state index contributed by atoms with van der Waals surface area (Å²) in [4.78, 5) is 0. The third-order valence-corrected chi connectivity index (χ3v) is 7.52. The number of ether oxygens (including phenoxy) is 2. The van der Waals surface area contributed by atoms with Crippen LogP contribution < -0.4 is 4.74 Å². The van der Waals surface area contributed by atoms with Gasteiger partial charge in [0.1, 0.15) is 0 Å². The van der Waals surface area contributed by atoms with Gasteiger partial charge in [0.15, 0.2) is 23.2 Å². The first-order valence-electron chi connectivity index (χ1n) is 14.1. The minimum Gasteiger partial charge on any atom is -0.491 e. The third kappa shape index (κ3) is 7.19. The van der Waals surface area contributed by atoms with E-state index in [0.717, 1.165) is 68.2 Å². The predicted octanol–water partition coefficient (Wildman–Crippen LogP) is 9.19. The Hall–Kier alpha value is -2.79. The van der Waals surface area contributed by atoms with Crippen molar-refractivity contribution in [2.24, 2.45) is 0 Å². The maximum absolute atomic E-state index is 15.0. The molecule has 0 N–H and O–H groups in total. The van der Waals surface area contributed by atoms with E-state index in [4.69, 9.17) is 9.47 Å². The Morgan fingerprint density at radius 2 is 1.47 bits per heavy atom. The maximum Gasteiger partial charge on any atom is 0.165 e. The van der Waals surface area contributed by atoms with E-state index in [9.17, 15) is 8.78 Å². The van der Waals surface area contributed by atoms with Gasteiger partial charge in [-0.1, -0.05) is 62.7 Å². The van der Waals surface area contributed by atoms with E-state index in [1.54, 1.807) is 18.2 Å². The van der Waals surface area contributed by atoms with Gasteiger partial charge in [0, 0.05) is 6.61 Å². The molecule has 204 valence electrons. The van der Waals surface area contributed by atoms with E-state index in [-0.39, 0.29) is 23.6 Å². The molecule has 5 heteroatoms. The normalized spacial score (nSPS) is 17.5. The highest BCUT2D eigenvalue weighted by Gasteiger charge is 2.26. The Bertz CT molecular complexity index is 1170. The lowest BCUT2D eigenvalue weighted by atomic mass is 9.82. The lowest BCUT2D eigenvalue weighted by Gasteiger charge is -2.29. The summed E-state index contributed by atoms with van der Waals surface area (Å²) < 4.78 is 55.8. The highest BCUT2D eigenvalue weighted by molar-refractivity contribution is 5.64. The first kappa shape index (κ1) is 28.2. The molecule has 3 aromatic carbocycles. The molecule has 1 aliphatic rings. The molecule has 38 heavy (non-hydrogen) atoms. The van der Waals surface area contributed by atoms with Crippen molar-refractivity contribution in [3.05, 3.63) is 88.7 Å². The SMILES string of the molecule is CCCCOc1ccc(-c2ccc(CCc3ccc(C4CCC(OCCC)CC4)c(F)c3F)cc2)cc1F. The van der Waals surface area contributed by atoms with Gasteiger partial charge in [-0.25, -0.2) is 13.2 Å². The van der Waals surface area contributed by atoms with E-state index in [0.29, 0.717) is 30.6 Å².